The summed E-state index contributed by atoms with van der Waals surface area (Å²) < 4.78 is 37.1. The van der Waals surface area contributed by atoms with Gasteiger partial charge in [0.1, 0.15) is 17.5 Å². The minimum Gasteiger partial charge on any atom is -0.496 e. The van der Waals surface area contributed by atoms with E-state index < -0.39 is 28.0 Å². The fourth-order valence-electron chi connectivity index (χ4n) is 3.28. The molecule has 1 N–H and O–H groups in total. The molecule has 1 amide bonds. The number of benzene rings is 2. The molecule has 0 saturated carbocycles. The van der Waals surface area contributed by atoms with Crippen LogP contribution in [0.4, 0.5) is 5.69 Å². The number of amides is 1. The number of methoxy groups -OCH3 is 2. The van der Waals surface area contributed by atoms with Gasteiger partial charge < -0.3 is 14.8 Å². The summed E-state index contributed by atoms with van der Waals surface area (Å²) in [6, 6.07) is 10.6. The lowest BCUT2D eigenvalue weighted by Crippen LogP contribution is -2.49. The minimum absolute atomic E-state index is 0.208. The molecule has 7 nitrogen and oxygen atoms in total. The number of hydrogen-bond acceptors (Lipinski definition) is 5. The molecule has 0 fully saturated rings. The zero-order chi connectivity index (χ0) is 22.5. The molecule has 0 bridgehead atoms. The average Bonchev–Trinajstić information content (AvgIpc) is 2.70. The van der Waals surface area contributed by atoms with E-state index in [0.29, 0.717) is 16.5 Å². The van der Waals surface area contributed by atoms with Crippen LogP contribution in [0.5, 0.6) is 11.5 Å². The van der Waals surface area contributed by atoms with Crippen LogP contribution >= 0.6 is 11.6 Å². The number of sulfonamides is 1. The zero-order valence-corrected chi connectivity index (χ0v) is 19.3. The molecule has 2 atom stereocenters. The lowest BCUT2D eigenvalue weighted by Gasteiger charge is -2.32. The minimum atomic E-state index is -3.83. The molecule has 30 heavy (non-hydrogen) atoms. The number of nitrogens with one attached hydrogen (secondary N) is 1. The Kier molecular flexibility index (Phi) is 7.97. The number of ether oxygens (including phenoxy) is 2. The van der Waals surface area contributed by atoms with Crippen molar-refractivity contribution in [3.63, 3.8) is 0 Å². The Morgan fingerprint density at radius 2 is 1.77 bits per heavy atom. The largest absolute Gasteiger partial charge is 0.496 e. The van der Waals surface area contributed by atoms with Crippen molar-refractivity contribution in [2.45, 2.75) is 32.4 Å². The van der Waals surface area contributed by atoms with E-state index in [1.54, 1.807) is 32.2 Å². The molecule has 0 saturated heterocycles. The van der Waals surface area contributed by atoms with Crippen LogP contribution in [0.2, 0.25) is 5.02 Å². The van der Waals surface area contributed by atoms with E-state index in [4.69, 9.17) is 21.1 Å². The van der Waals surface area contributed by atoms with Gasteiger partial charge in [0.15, 0.2) is 0 Å². The van der Waals surface area contributed by atoms with Crippen LogP contribution in [-0.4, -0.2) is 40.8 Å². The lowest BCUT2D eigenvalue weighted by atomic mass is 10.1. The first-order chi connectivity index (χ1) is 14.1. The molecular weight excluding hydrogens is 428 g/mol. The maximum Gasteiger partial charge on any atom is 0.244 e. The summed E-state index contributed by atoms with van der Waals surface area (Å²) in [6.07, 6.45) is 1.29. The summed E-state index contributed by atoms with van der Waals surface area (Å²) in [7, 11) is -0.845. The number of para-hydroxylation sites is 1. The quantitative estimate of drug-likeness (QED) is 0.623. The first-order valence-corrected chi connectivity index (χ1v) is 11.6. The van der Waals surface area contributed by atoms with E-state index >= 15 is 0 Å². The molecule has 0 spiro atoms. The van der Waals surface area contributed by atoms with Gasteiger partial charge in [-0.3, -0.25) is 9.10 Å². The molecule has 2 aromatic carbocycles. The Hall–Kier alpha value is -2.45. The molecule has 164 valence electrons. The molecule has 2 aromatic rings. The maximum atomic E-state index is 13.2. The fourth-order valence-corrected chi connectivity index (χ4v) is 4.66. The van der Waals surface area contributed by atoms with Crippen molar-refractivity contribution in [3.8, 4) is 11.5 Å². The van der Waals surface area contributed by atoms with Crippen LogP contribution in [0.25, 0.3) is 0 Å². The van der Waals surface area contributed by atoms with Crippen molar-refractivity contribution in [1.29, 1.82) is 0 Å². The number of halogens is 1. The average molecular weight is 455 g/mol. The van der Waals surface area contributed by atoms with Crippen LogP contribution in [0.15, 0.2) is 42.5 Å². The van der Waals surface area contributed by atoms with Crippen molar-refractivity contribution in [1.82, 2.24) is 5.32 Å². The number of nitrogens with zero attached hydrogens (tertiary/aromatic N) is 1. The van der Waals surface area contributed by atoms with E-state index in [0.717, 1.165) is 16.1 Å². The van der Waals surface area contributed by atoms with Crippen molar-refractivity contribution in [2.75, 3.05) is 24.8 Å². The molecule has 0 heterocycles. The highest BCUT2D eigenvalue weighted by Crippen LogP contribution is 2.35. The van der Waals surface area contributed by atoms with Gasteiger partial charge in [-0.1, -0.05) is 36.7 Å². The smallest absolute Gasteiger partial charge is 0.244 e. The Labute approximate surface area is 183 Å². The van der Waals surface area contributed by atoms with Crippen LogP contribution in [0.3, 0.4) is 0 Å². The number of rotatable bonds is 9. The molecule has 0 radical (unpaired) electrons. The van der Waals surface area contributed by atoms with Crippen molar-refractivity contribution < 1.29 is 22.7 Å². The van der Waals surface area contributed by atoms with Gasteiger partial charge in [-0.2, -0.15) is 0 Å². The van der Waals surface area contributed by atoms with Gasteiger partial charge in [-0.15, -0.1) is 0 Å². The van der Waals surface area contributed by atoms with Gasteiger partial charge in [0.05, 0.1) is 32.2 Å². The molecule has 2 rings (SSSR count). The zero-order valence-electron chi connectivity index (χ0n) is 17.7. The Morgan fingerprint density at radius 3 is 2.33 bits per heavy atom. The van der Waals surface area contributed by atoms with Crippen molar-refractivity contribution in [2.24, 2.45) is 0 Å². The second-order valence-electron chi connectivity index (χ2n) is 6.77. The number of carbonyl (C=O) groups excluding carboxylic acids is 1. The molecule has 0 aliphatic carbocycles. The topological polar surface area (TPSA) is 84.9 Å². The third-order valence-corrected chi connectivity index (χ3v) is 6.07. The summed E-state index contributed by atoms with van der Waals surface area (Å²) in [5, 5.41) is 3.23. The molecule has 0 aliphatic rings. The third kappa shape index (κ3) is 5.37. The lowest BCUT2D eigenvalue weighted by molar-refractivity contribution is -0.122. The number of anilines is 1. The Balaban J connectivity index is 2.43. The summed E-state index contributed by atoms with van der Waals surface area (Å²) in [5.41, 5.74) is 0.994. The Bertz CT molecular complexity index is 997. The van der Waals surface area contributed by atoms with Gasteiger partial charge in [0.25, 0.3) is 0 Å². The van der Waals surface area contributed by atoms with Crippen LogP contribution in [0, 0.1) is 0 Å². The predicted molar refractivity (Wildman–Crippen MR) is 119 cm³/mol. The standard InChI is InChI=1S/C21H27ClN2O5S/c1-6-17(21(25)23-14(2)16-9-7-8-10-19(16)28-3)24(30(5,26)27)18-13-15(22)11-12-20(18)29-4/h7-14,17H,6H2,1-5H3,(H,23,25)/t14-,17+/m1/s1. The molecule has 0 aliphatic heterocycles. The maximum absolute atomic E-state index is 13.2. The van der Waals surface area contributed by atoms with Crippen LogP contribution in [0.1, 0.15) is 31.9 Å². The molecular formula is C21H27ClN2O5S. The first kappa shape index (κ1) is 23.8. The highest BCUT2D eigenvalue weighted by molar-refractivity contribution is 7.92. The Morgan fingerprint density at radius 1 is 1.13 bits per heavy atom. The molecule has 9 heteroatoms. The van der Waals surface area contributed by atoms with Crippen molar-refractivity contribution >= 4 is 33.2 Å². The second kappa shape index (κ2) is 10.0. The van der Waals surface area contributed by atoms with Crippen LogP contribution < -0.4 is 19.1 Å². The monoisotopic (exact) mass is 454 g/mol. The van der Waals surface area contributed by atoms with E-state index in [9.17, 15) is 13.2 Å². The third-order valence-electron chi connectivity index (χ3n) is 4.67. The van der Waals surface area contributed by atoms with E-state index in [1.807, 2.05) is 25.1 Å². The molecule has 0 aromatic heterocycles. The van der Waals surface area contributed by atoms with Gasteiger partial charge in [-0.05, 0) is 37.6 Å². The first-order valence-electron chi connectivity index (χ1n) is 9.40. The van der Waals surface area contributed by atoms with E-state index in [-0.39, 0.29) is 12.1 Å². The second-order valence-corrected chi connectivity index (χ2v) is 9.07. The van der Waals surface area contributed by atoms with E-state index in [1.165, 1.54) is 13.2 Å². The van der Waals surface area contributed by atoms with Gasteiger partial charge in [0, 0.05) is 10.6 Å². The van der Waals surface area contributed by atoms with Crippen LogP contribution in [-0.2, 0) is 14.8 Å². The number of hydrogen-bond donors (Lipinski definition) is 1. The summed E-state index contributed by atoms with van der Waals surface area (Å²) in [5.74, 6) is 0.493. The van der Waals surface area contributed by atoms with Gasteiger partial charge in [0.2, 0.25) is 15.9 Å². The summed E-state index contributed by atoms with van der Waals surface area (Å²) in [6.45, 7) is 3.56. The predicted octanol–water partition coefficient (Wildman–Crippen LogP) is 3.78. The molecule has 0 unspecified atom stereocenters. The fraction of sp³-hybridized carbons (Fsp3) is 0.381. The highest BCUT2D eigenvalue weighted by atomic mass is 35.5. The highest BCUT2D eigenvalue weighted by Gasteiger charge is 2.34. The van der Waals surface area contributed by atoms with Crippen molar-refractivity contribution in [3.05, 3.63) is 53.1 Å². The number of carbonyl (C=O) groups is 1. The SMILES string of the molecule is CC[C@@H](C(=O)N[C@H](C)c1ccccc1OC)N(c1cc(Cl)ccc1OC)S(C)(=O)=O. The van der Waals surface area contributed by atoms with Gasteiger partial charge >= 0.3 is 0 Å². The van der Waals surface area contributed by atoms with E-state index in [2.05, 4.69) is 5.32 Å². The summed E-state index contributed by atoms with van der Waals surface area (Å²) in [4.78, 5) is 13.2. The summed E-state index contributed by atoms with van der Waals surface area (Å²) >= 11 is 6.10. The normalized spacial score (nSPS) is 13.3. The van der Waals surface area contributed by atoms with Gasteiger partial charge in [-0.25, -0.2) is 8.42 Å².